The zero-order valence-electron chi connectivity index (χ0n) is 21.3. The van der Waals surface area contributed by atoms with Gasteiger partial charge in [-0.25, -0.2) is 0 Å². The van der Waals surface area contributed by atoms with Crippen LogP contribution in [0.1, 0.15) is 46.3 Å². The number of para-hydroxylation sites is 2. The molecule has 4 aromatic rings. The molecule has 6 rings (SSSR count). The summed E-state index contributed by atoms with van der Waals surface area (Å²) in [5, 5.41) is 15.8. The molecular weight excluding hydrogens is 526 g/mol. The van der Waals surface area contributed by atoms with Crippen LogP contribution >= 0.6 is 11.6 Å². The third-order valence-electron chi connectivity index (χ3n) is 7.47. The fourth-order valence-corrected chi connectivity index (χ4v) is 5.75. The highest BCUT2D eigenvalue weighted by atomic mass is 35.5. The van der Waals surface area contributed by atoms with Crippen molar-refractivity contribution in [1.82, 2.24) is 0 Å². The van der Waals surface area contributed by atoms with E-state index in [-0.39, 0.29) is 29.7 Å². The first-order chi connectivity index (χ1) is 19.4. The third-order valence-corrected chi connectivity index (χ3v) is 7.72. The second-order valence-corrected chi connectivity index (χ2v) is 10.3. The minimum Gasteiger partial charge on any atom is -0.357 e. The smallest absolute Gasteiger partial charge is 0.269 e. The van der Waals surface area contributed by atoms with Crippen molar-refractivity contribution in [3.05, 3.63) is 146 Å². The van der Waals surface area contributed by atoms with Crippen LogP contribution in [0.4, 0.5) is 17.1 Å². The van der Waals surface area contributed by atoms with Gasteiger partial charge in [0.05, 0.1) is 22.3 Å². The van der Waals surface area contributed by atoms with Gasteiger partial charge in [0.2, 0.25) is 0 Å². The Morgan fingerprint density at radius 3 is 2.35 bits per heavy atom. The fraction of sp³-hybridized carbons (Fsp3) is 0.125. The number of nitrogens with zero attached hydrogens (tertiary/aromatic N) is 2. The number of anilines is 2. The molecule has 1 aliphatic carbocycles. The number of hydrogen-bond donors (Lipinski definition) is 1. The number of nitro groups is 1. The highest BCUT2D eigenvalue weighted by molar-refractivity contribution is 6.30. The van der Waals surface area contributed by atoms with Gasteiger partial charge in [0.15, 0.2) is 5.78 Å². The van der Waals surface area contributed by atoms with Crippen molar-refractivity contribution in [3.63, 3.8) is 0 Å². The van der Waals surface area contributed by atoms with Crippen LogP contribution in [0.2, 0.25) is 5.02 Å². The van der Waals surface area contributed by atoms with Crippen molar-refractivity contribution in [2.45, 2.75) is 24.8 Å². The van der Waals surface area contributed by atoms with Crippen molar-refractivity contribution >= 4 is 40.4 Å². The molecule has 1 amide bonds. The fourth-order valence-electron chi connectivity index (χ4n) is 5.63. The first-order valence-corrected chi connectivity index (χ1v) is 13.3. The second kappa shape index (κ2) is 10.4. The summed E-state index contributed by atoms with van der Waals surface area (Å²) in [5.74, 6) is -0.526. The summed E-state index contributed by atoms with van der Waals surface area (Å²) >= 11 is 6.11. The molecule has 0 saturated heterocycles. The van der Waals surface area contributed by atoms with E-state index in [1.54, 1.807) is 41.3 Å². The molecule has 0 spiro atoms. The van der Waals surface area contributed by atoms with Gasteiger partial charge in [-0.05, 0) is 59.9 Å². The Morgan fingerprint density at radius 1 is 0.875 bits per heavy atom. The normalized spacial score (nSPS) is 18.3. The number of carbonyl (C=O) groups excluding carboxylic acids is 2. The molecule has 7 nitrogen and oxygen atoms in total. The van der Waals surface area contributed by atoms with Gasteiger partial charge in [0, 0.05) is 40.4 Å². The number of non-ortho nitro benzene ring substituents is 1. The van der Waals surface area contributed by atoms with Gasteiger partial charge < -0.3 is 5.32 Å². The van der Waals surface area contributed by atoms with Crippen molar-refractivity contribution in [3.8, 4) is 0 Å². The Kier molecular flexibility index (Phi) is 6.66. The van der Waals surface area contributed by atoms with Gasteiger partial charge in [0.25, 0.3) is 11.6 Å². The van der Waals surface area contributed by atoms with Crippen LogP contribution < -0.4 is 10.2 Å². The molecule has 2 atom stereocenters. The molecule has 0 radical (unpaired) electrons. The Labute approximate surface area is 235 Å². The van der Waals surface area contributed by atoms with Crippen molar-refractivity contribution in [2.75, 3.05) is 10.2 Å². The summed E-state index contributed by atoms with van der Waals surface area (Å²) in [6.45, 7) is 0. The van der Waals surface area contributed by atoms with Crippen molar-refractivity contribution < 1.29 is 14.5 Å². The number of nitro benzene ring substituents is 1. The van der Waals surface area contributed by atoms with Gasteiger partial charge in [-0.1, -0.05) is 66.2 Å². The maximum Gasteiger partial charge on any atom is 0.269 e. The Morgan fingerprint density at radius 2 is 1.60 bits per heavy atom. The van der Waals surface area contributed by atoms with E-state index in [2.05, 4.69) is 5.32 Å². The molecule has 1 heterocycles. The SMILES string of the molecule is O=C1C[C@@H](c2ccc(Cl)cc2)CC2=C1[C@H](c1cccc([N+](=O)[O-])c1)N(C(=O)c1ccccc1)c1ccccc1N2. The quantitative estimate of drug-likeness (QED) is 0.211. The average Bonchev–Trinajstić information content (AvgIpc) is 3.12. The number of rotatable bonds is 4. The number of carbonyl (C=O) groups is 2. The third kappa shape index (κ3) is 4.65. The molecule has 0 unspecified atom stereocenters. The summed E-state index contributed by atoms with van der Waals surface area (Å²) in [6.07, 6.45) is 0.757. The highest BCUT2D eigenvalue weighted by Crippen LogP contribution is 2.48. The lowest BCUT2D eigenvalue weighted by Crippen LogP contribution is -2.38. The molecule has 1 aliphatic heterocycles. The minimum absolute atomic E-state index is 0.0923. The minimum atomic E-state index is -0.877. The summed E-state index contributed by atoms with van der Waals surface area (Å²) in [5.41, 5.74) is 4.21. The van der Waals surface area contributed by atoms with E-state index in [0.29, 0.717) is 45.2 Å². The van der Waals surface area contributed by atoms with Crippen LogP contribution in [0, 0.1) is 10.1 Å². The zero-order valence-corrected chi connectivity index (χ0v) is 22.0. The number of Topliss-reactive ketones (excluding diaryl/α,β-unsaturated/α-hetero) is 1. The molecule has 0 aromatic heterocycles. The van der Waals surface area contributed by atoms with Crippen LogP contribution in [0.15, 0.2) is 114 Å². The molecule has 0 fully saturated rings. The van der Waals surface area contributed by atoms with E-state index >= 15 is 0 Å². The zero-order chi connectivity index (χ0) is 27.8. The van der Waals surface area contributed by atoms with Crippen LogP contribution in [0.3, 0.4) is 0 Å². The standard InChI is InChI=1S/C32H24ClN3O4/c33-24-15-13-20(14-16-24)23-18-27-30(29(37)19-23)31(22-9-6-10-25(17-22)36(39)40)35(28-12-5-4-11-26(28)34-27)32(38)21-7-2-1-3-8-21/h1-17,23,31,34H,18-19H2/t23-,31-/m0/s1. The topological polar surface area (TPSA) is 92.5 Å². The second-order valence-electron chi connectivity index (χ2n) is 9.91. The van der Waals surface area contributed by atoms with Gasteiger partial charge in [-0.15, -0.1) is 0 Å². The Hall–Kier alpha value is -4.75. The molecule has 4 aromatic carbocycles. The lowest BCUT2D eigenvalue weighted by molar-refractivity contribution is -0.384. The predicted molar refractivity (Wildman–Crippen MR) is 155 cm³/mol. The largest absolute Gasteiger partial charge is 0.357 e. The number of allylic oxidation sites excluding steroid dienone is 1. The monoisotopic (exact) mass is 549 g/mol. The summed E-state index contributed by atoms with van der Waals surface area (Å²) in [7, 11) is 0. The first kappa shape index (κ1) is 25.5. The summed E-state index contributed by atoms with van der Waals surface area (Å²) in [4.78, 5) is 41.2. The van der Waals surface area contributed by atoms with E-state index in [4.69, 9.17) is 11.6 Å². The number of hydrogen-bond acceptors (Lipinski definition) is 5. The van der Waals surface area contributed by atoms with E-state index in [1.807, 2.05) is 54.6 Å². The molecule has 1 N–H and O–H groups in total. The van der Waals surface area contributed by atoms with E-state index in [9.17, 15) is 19.7 Å². The summed E-state index contributed by atoms with van der Waals surface area (Å²) < 4.78 is 0. The number of ketones is 1. The summed E-state index contributed by atoms with van der Waals surface area (Å²) in [6, 6.07) is 29.0. The van der Waals surface area contributed by atoms with E-state index in [1.165, 1.54) is 12.1 Å². The van der Waals surface area contributed by atoms with Gasteiger partial charge >= 0.3 is 0 Å². The maximum absolute atomic E-state index is 14.2. The van der Waals surface area contributed by atoms with Gasteiger partial charge in [-0.3, -0.25) is 24.6 Å². The molecular formula is C32H24ClN3O4. The van der Waals surface area contributed by atoms with Crippen LogP contribution in [0.5, 0.6) is 0 Å². The van der Waals surface area contributed by atoms with Crippen LogP contribution in [-0.4, -0.2) is 16.6 Å². The van der Waals surface area contributed by atoms with E-state index in [0.717, 1.165) is 5.56 Å². The van der Waals surface area contributed by atoms with Crippen molar-refractivity contribution in [1.29, 1.82) is 0 Å². The first-order valence-electron chi connectivity index (χ1n) is 12.9. The van der Waals surface area contributed by atoms with Crippen LogP contribution in [0.25, 0.3) is 0 Å². The van der Waals surface area contributed by atoms with Gasteiger partial charge in [-0.2, -0.15) is 0 Å². The average molecular weight is 550 g/mol. The molecule has 2 aliphatic rings. The lowest BCUT2D eigenvalue weighted by Gasteiger charge is -2.35. The number of halogens is 1. The van der Waals surface area contributed by atoms with E-state index < -0.39 is 11.0 Å². The van der Waals surface area contributed by atoms with Crippen LogP contribution in [-0.2, 0) is 4.79 Å². The molecule has 8 heteroatoms. The Balaban J connectivity index is 1.57. The van der Waals surface area contributed by atoms with Crippen molar-refractivity contribution in [2.24, 2.45) is 0 Å². The molecule has 0 bridgehead atoms. The number of fused-ring (bicyclic) bond motifs is 1. The predicted octanol–water partition coefficient (Wildman–Crippen LogP) is 7.46. The highest BCUT2D eigenvalue weighted by Gasteiger charge is 2.42. The lowest BCUT2D eigenvalue weighted by atomic mass is 9.78. The maximum atomic E-state index is 14.2. The number of nitrogens with one attached hydrogen (secondary N) is 1. The molecule has 40 heavy (non-hydrogen) atoms. The molecule has 0 saturated carbocycles. The van der Waals surface area contributed by atoms with Gasteiger partial charge in [0.1, 0.15) is 0 Å². The molecule has 198 valence electrons. The number of benzene rings is 4. The number of amides is 1. The Bertz CT molecular complexity index is 1670.